The van der Waals surface area contributed by atoms with Crippen molar-refractivity contribution in [2.24, 2.45) is 11.0 Å². The van der Waals surface area contributed by atoms with E-state index in [2.05, 4.69) is 42.3 Å². The van der Waals surface area contributed by atoms with Crippen LogP contribution in [-0.4, -0.2) is 18.4 Å². The molecule has 3 heteroatoms. The molecule has 4 rings (SSSR count). The summed E-state index contributed by atoms with van der Waals surface area (Å²) >= 11 is 0. The minimum absolute atomic E-state index is 0.292. The van der Waals surface area contributed by atoms with Gasteiger partial charge in [0.1, 0.15) is 18.0 Å². The van der Waals surface area contributed by atoms with Crippen molar-refractivity contribution in [3.05, 3.63) is 60.2 Å². The topological polar surface area (TPSA) is 24.8 Å². The van der Waals surface area contributed by atoms with Gasteiger partial charge in [0, 0.05) is 5.92 Å². The molecular formula is C17H16N2O. The van der Waals surface area contributed by atoms with Crippen LogP contribution in [0.2, 0.25) is 0 Å². The van der Waals surface area contributed by atoms with Crippen LogP contribution < -0.4 is 9.75 Å². The van der Waals surface area contributed by atoms with Crippen molar-refractivity contribution in [1.82, 2.24) is 0 Å². The smallest absolute Gasteiger partial charge is 0.144 e. The highest BCUT2D eigenvalue weighted by atomic mass is 16.5. The maximum atomic E-state index is 5.88. The molecule has 0 N–H and O–H groups in total. The van der Waals surface area contributed by atoms with Crippen LogP contribution in [0.1, 0.15) is 12.5 Å². The second kappa shape index (κ2) is 4.37. The standard InChI is InChI=1S/C17H16N2O/c1-12-15-11-20-16-10-6-5-9-14(16)19(15)18-17(12)13-7-3-2-4-8-13/h2-10,12,15H,11H2,1H3. The summed E-state index contributed by atoms with van der Waals surface area (Å²) in [5, 5.41) is 7.00. The Morgan fingerprint density at radius 1 is 1.05 bits per heavy atom. The molecule has 2 aliphatic heterocycles. The van der Waals surface area contributed by atoms with Gasteiger partial charge < -0.3 is 4.74 Å². The first-order valence-corrected chi connectivity index (χ1v) is 6.99. The van der Waals surface area contributed by atoms with Gasteiger partial charge in [0.2, 0.25) is 0 Å². The molecule has 3 nitrogen and oxygen atoms in total. The van der Waals surface area contributed by atoms with E-state index in [4.69, 9.17) is 9.84 Å². The quantitative estimate of drug-likeness (QED) is 0.789. The Morgan fingerprint density at radius 3 is 2.65 bits per heavy atom. The molecular weight excluding hydrogens is 248 g/mol. The zero-order valence-corrected chi connectivity index (χ0v) is 11.4. The van der Waals surface area contributed by atoms with Crippen LogP contribution in [-0.2, 0) is 0 Å². The first-order valence-electron chi connectivity index (χ1n) is 6.99. The number of hydrogen-bond donors (Lipinski definition) is 0. The second-order valence-corrected chi connectivity index (χ2v) is 5.33. The summed E-state index contributed by atoms with van der Waals surface area (Å²) < 4.78 is 5.88. The summed E-state index contributed by atoms with van der Waals surface area (Å²) in [5.74, 6) is 1.29. The lowest BCUT2D eigenvalue weighted by Crippen LogP contribution is -2.40. The van der Waals surface area contributed by atoms with Gasteiger partial charge in [-0.3, -0.25) is 5.01 Å². The van der Waals surface area contributed by atoms with Crippen molar-refractivity contribution in [3.63, 3.8) is 0 Å². The SMILES string of the molecule is CC1C(c2ccccc2)=NN2c3ccccc3OCC12. The first kappa shape index (κ1) is 11.5. The molecule has 100 valence electrons. The molecule has 0 radical (unpaired) electrons. The van der Waals surface area contributed by atoms with Gasteiger partial charge in [-0.15, -0.1) is 0 Å². The zero-order valence-electron chi connectivity index (χ0n) is 11.4. The normalized spacial score (nSPS) is 23.6. The molecule has 2 aromatic rings. The van der Waals surface area contributed by atoms with Crippen molar-refractivity contribution in [2.75, 3.05) is 11.6 Å². The number of nitrogens with zero attached hydrogens (tertiary/aromatic N) is 2. The molecule has 2 aliphatic rings. The summed E-state index contributed by atoms with van der Waals surface area (Å²) in [5.41, 5.74) is 3.42. The van der Waals surface area contributed by atoms with Crippen LogP contribution in [0.15, 0.2) is 59.7 Å². The minimum Gasteiger partial charge on any atom is -0.489 e. The maximum absolute atomic E-state index is 5.88. The highest BCUT2D eigenvalue weighted by Crippen LogP contribution is 2.39. The number of ether oxygens (including phenoxy) is 1. The third-order valence-corrected chi connectivity index (χ3v) is 4.13. The third-order valence-electron chi connectivity index (χ3n) is 4.13. The van der Waals surface area contributed by atoms with E-state index in [1.807, 2.05) is 24.3 Å². The lowest BCUT2D eigenvalue weighted by molar-refractivity contribution is 0.253. The van der Waals surface area contributed by atoms with E-state index < -0.39 is 0 Å². The van der Waals surface area contributed by atoms with E-state index in [9.17, 15) is 0 Å². The van der Waals surface area contributed by atoms with Gasteiger partial charge in [0.15, 0.2) is 0 Å². The zero-order chi connectivity index (χ0) is 13.5. The molecule has 0 amide bonds. The Bertz CT molecular complexity index is 666. The summed E-state index contributed by atoms with van der Waals surface area (Å²) in [4.78, 5) is 0. The molecule has 0 saturated heterocycles. The lowest BCUT2D eigenvalue weighted by Gasteiger charge is -2.32. The highest BCUT2D eigenvalue weighted by Gasteiger charge is 2.39. The fourth-order valence-corrected chi connectivity index (χ4v) is 3.00. The van der Waals surface area contributed by atoms with Crippen LogP contribution in [0.3, 0.4) is 0 Å². The van der Waals surface area contributed by atoms with Crippen LogP contribution >= 0.6 is 0 Å². The van der Waals surface area contributed by atoms with Crippen LogP contribution in [0.25, 0.3) is 0 Å². The maximum Gasteiger partial charge on any atom is 0.144 e. The third kappa shape index (κ3) is 1.63. The number of anilines is 1. The van der Waals surface area contributed by atoms with Crippen LogP contribution in [0, 0.1) is 5.92 Å². The van der Waals surface area contributed by atoms with E-state index in [1.54, 1.807) is 0 Å². The van der Waals surface area contributed by atoms with Gasteiger partial charge in [-0.25, -0.2) is 0 Å². The predicted octanol–water partition coefficient (Wildman–Crippen LogP) is 3.31. The minimum atomic E-state index is 0.292. The Morgan fingerprint density at radius 2 is 1.80 bits per heavy atom. The summed E-state index contributed by atoms with van der Waals surface area (Å²) in [7, 11) is 0. The molecule has 0 saturated carbocycles. The number of rotatable bonds is 1. The van der Waals surface area contributed by atoms with Crippen LogP contribution in [0.4, 0.5) is 5.69 Å². The fraction of sp³-hybridized carbons (Fsp3) is 0.235. The number of hydrazone groups is 1. The molecule has 0 aliphatic carbocycles. The molecule has 0 aromatic heterocycles. The summed E-state index contributed by atoms with van der Waals surface area (Å²) in [6.45, 7) is 2.92. The Hall–Kier alpha value is -2.29. The molecule has 0 fully saturated rings. The summed E-state index contributed by atoms with van der Waals surface area (Å²) in [6, 6.07) is 18.8. The predicted molar refractivity (Wildman–Crippen MR) is 80.3 cm³/mol. The number of hydrogen-bond acceptors (Lipinski definition) is 3. The van der Waals surface area contributed by atoms with E-state index in [-0.39, 0.29) is 0 Å². The molecule has 2 unspecified atom stereocenters. The number of fused-ring (bicyclic) bond motifs is 3. The molecule has 2 atom stereocenters. The Kier molecular flexibility index (Phi) is 2.52. The average Bonchev–Trinajstić information content (AvgIpc) is 2.86. The van der Waals surface area contributed by atoms with Gasteiger partial charge in [0.25, 0.3) is 0 Å². The van der Waals surface area contributed by atoms with Gasteiger partial charge in [-0.2, -0.15) is 5.10 Å². The fourth-order valence-electron chi connectivity index (χ4n) is 3.00. The first-order chi connectivity index (χ1) is 9.84. The Balaban J connectivity index is 1.79. The Labute approximate surface area is 118 Å². The van der Waals surface area contributed by atoms with Crippen molar-refractivity contribution in [3.8, 4) is 5.75 Å². The summed E-state index contributed by atoms with van der Waals surface area (Å²) in [6.07, 6.45) is 0. The van der Waals surface area contributed by atoms with E-state index in [0.717, 1.165) is 17.1 Å². The molecule has 2 aromatic carbocycles. The van der Waals surface area contributed by atoms with E-state index >= 15 is 0 Å². The van der Waals surface area contributed by atoms with Crippen molar-refractivity contribution in [1.29, 1.82) is 0 Å². The highest BCUT2D eigenvalue weighted by molar-refractivity contribution is 6.05. The number of benzene rings is 2. The van der Waals surface area contributed by atoms with E-state index in [0.29, 0.717) is 18.6 Å². The second-order valence-electron chi connectivity index (χ2n) is 5.33. The van der Waals surface area contributed by atoms with Gasteiger partial charge >= 0.3 is 0 Å². The molecule has 20 heavy (non-hydrogen) atoms. The van der Waals surface area contributed by atoms with Crippen molar-refractivity contribution < 1.29 is 4.74 Å². The van der Waals surface area contributed by atoms with Crippen molar-refractivity contribution >= 4 is 11.4 Å². The van der Waals surface area contributed by atoms with Crippen LogP contribution in [0.5, 0.6) is 5.75 Å². The monoisotopic (exact) mass is 264 g/mol. The lowest BCUT2D eigenvalue weighted by atomic mass is 9.92. The molecule has 0 bridgehead atoms. The largest absolute Gasteiger partial charge is 0.489 e. The average molecular weight is 264 g/mol. The van der Waals surface area contributed by atoms with Crippen molar-refractivity contribution in [2.45, 2.75) is 13.0 Å². The number of para-hydroxylation sites is 2. The molecule has 2 heterocycles. The van der Waals surface area contributed by atoms with E-state index in [1.165, 1.54) is 5.56 Å². The molecule has 0 spiro atoms. The van der Waals surface area contributed by atoms with Gasteiger partial charge in [0.05, 0.1) is 11.8 Å². The van der Waals surface area contributed by atoms with Gasteiger partial charge in [-0.05, 0) is 17.7 Å². The van der Waals surface area contributed by atoms with Gasteiger partial charge in [-0.1, -0.05) is 49.4 Å².